The first-order chi connectivity index (χ1) is 10.9. The highest BCUT2D eigenvalue weighted by Gasteiger charge is 2.61. The van der Waals surface area contributed by atoms with Crippen molar-refractivity contribution in [3.63, 3.8) is 0 Å². The molecule has 0 bridgehead atoms. The van der Waals surface area contributed by atoms with Crippen molar-refractivity contribution < 1.29 is 13.2 Å². The number of hydrogen-bond donors (Lipinski definition) is 1. The molecule has 0 unspecified atom stereocenters. The second-order valence-corrected chi connectivity index (χ2v) is 8.27. The molecule has 2 aromatic rings. The first kappa shape index (κ1) is 16.0. The van der Waals surface area contributed by atoms with Crippen LogP contribution in [-0.2, 0) is 14.6 Å². The molecule has 5 nitrogen and oxygen atoms in total. The number of carbonyl (C=O) groups excluding carboxylic acids is 1. The van der Waals surface area contributed by atoms with Gasteiger partial charge in [-0.25, -0.2) is 13.4 Å². The van der Waals surface area contributed by atoms with Gasteiger partial charge in [-0.2, -0.15) is 0 Å². The molecule has 23 heavy (non-hydrogen) atoms. The molecule has 1 fully saturated rings. The third kappa shape index (κ3) is 2.72. The van der Waals surface area contributed by atoms with Gasteiger partial charge in [0.25, 0.3) is 0 Å². The minimum absolute atomic E-state index is 0.104. The highest BCUT2D eigenvalue weighted by atomic mass is 35.5. The Bertz CT molecular complexity index is 859. The molecule has 1 aliphatic rings. The zero-order chi connectivity index (χ0) is 16.7. The second-order valence-electron chi connectivity index (χ2n) is 5.57. The van der Waals surface area contributed by atoms with E-state index < -0.39 is 20.5 Å². The average molecular weight is 351 g/mol. The van der Waals surface area contributed by atoms with Crippen LogP contribution in [0.4, 0.5) is 5.82 Å². The maximum absolute atomic E-state index is 12.8. The molecule has 0 spiro atoms. The molecule has 1 amide bonds. The number of amides is 1. The zero-order valence-corrected chi connectivity index (χ0v) is 14.0. The lowest BCUT2D eigenvalue weighted by Crippen LogP contribution is -2.37. The van der Waals surface area contributed by atoms with Gasteiger partial charge in [0, 0.05) is 11.2 Å². The van der Waals surface area contributed by atoms with E-state index in [2.05, 4.69) is 10.3 Å². The summed E-state index contributed by atoms with van der Waals surface area (Å²) in [4.78, 5) is 16.8. The summed E-state index contributed by atoms with van der Waals surface area (Å²) in [6, 6.07) is 9.42. The molecule has 1 aliphatic carbocycles. The minimum Gasteiger partial charge on any atom is -0.309 e. The number of sulfone groups is 1. The van der Waals surface area contributed by atoms with Crippen LogP contribution in [0.1, 0.15) is 18.4 Å². The van der Waals surface area contributed by atoms with E-state index in [1.807, 2.05) is 0 Å². The first-order valence-corrected chi connectivity index (χ1v) is 8.96. The Balaban J connectivity index is 1.91. The summed E-state index contributed by atoms with van der Waals surface area (Å²) in [5.74, 6) is -0.149. The molecule has 0 aliphatic heterocycles. The third-order valence-corrected chi connectivity index (χ3v) is 6.76. The number of aryl methyl sites for hydroxylation is 1. The van der Waals surface area contributed by atoms with Crippen molar-refractivity contribution in [2.24, 2.45) is 0 Å². The number of nitrogens with one attached hydrogen (secondary N) is 1. The van der Waals surface area contributed by atoms with E-state index in [1.165, 1.54) is 24.3 Å². The van der Waals surface area contributed by atoms with E-state index in [0.717, 1.165) is 5.56 Å². The lowest BCUT2D eigenvalue weighted by atomic mass is 10.3. The normalized spacial score (nSPS) is 15.9. The first-order valence-electron chi connectivity index (χ1n) is 7.10. The molecule has 0 radical (unpaired) electrons. The predicted octanol–water partition coefficient (Wildman–Crippen LogP) is 2.99. The maximum Gasteiger partial charge on any atom is 0.247 e. The molecule has 1 saturated carbocycles. The summed E-state index contributed by atoms with van der Waals surface area (Å²) in [5, 5.41) is 3.09. The molecule has 1 aromatic heterocycles. The largest absolute Gasteiger partial charge is 0.309 e. The van der Waals surface area contributed by atoms with Crippen LogP contribution in [-0.4, -0.2) is 24.1 Å². The van der Waals surface area contributed by atoms with Crippen molar-refractivity contribution in [1.29, 1.82) is 0 Å². The van der Waals surface area contributed by atoms with Crippen LogP contribution in [0, 0.1) is 6.92 Å². The van der Waals surface area contributed by atoms with Gasteiger partial charge >= 0.3 is 0 Å². The number of benzene rings is 1. The van der Waals surface area contributed by atoms with Crippen molar-refractivity contribution in [3.8, 4) is 0 Å². The molecule has 120 valence electrons. The lowest BCUT2D eigenvalue weighted by molar-refractivity contribution is -0.116. The van der Waals surface area contributed by atoms with E-state index >= 15 is 0 Å². The Morgan fingerprint density at radius 2 is 1.87 bits per heavy atom. The minimum atomic E-state index is -3.77. The maximum atomic E-state index is 12.8. The van der Waals surface area contributed by atoms with E-state index in [-0.39, 0.29) is 4.90 Å². The number of rotatable bonds is 4. The summed E-state index contributed by atoms with van der Waals surface area (Å²) in [5.41, 5.74) is 0.778. The van der Waals surface area contributed by atoms with E-state index in [9.17, 15) is 13.2 Å². The Morgan fingerprint density at radius 1 is 1.22 bits per heavy atom. The Kier molecular flexibility index (Phi) is 3.90. The Hall–Kier alpha value is -1.92. The molecule has 1 heterocycles. The van der Waals surface area contributed by atoms with Crippen LogP contribution >= 0.6 is 11.6 Å². The van der Waals surface area contributed by atoms with Crippen LogP contribution in [0.15, 0.2) is 47.5 Å². The van der Waals surface area contributed by atoms with Crippen molar-refractivity contribution in [3.05, 3.63) is 53.2 Å². The number of halogens is 1. The number of hydrogen-bond acceptors (Lipinski definition) is 4. The van der Waals surface area contributed by atoms with Gasteiger partial charge < -0.3 is 5.32 Å². The highest BCUT2D eigenvalue weighted by molar-refractivity contribution is 7.94. The number of aromatic nitrogens is 1. The number of carbonyl (C=O) groups is 1. The SMILES string of the molecule is Cc1cccnc1NC(=O)C1(S(=O)(=O)c2ccc(Cl)cc2)CC1. The van der Waals surface area contributed by atoms with Crippen LogP contribution in [0.3, 0.4) is 0 Å². The van der Waals surface area contributed by atoms with Crippen LogP contribution in [0.2, 0.25) is 5.02 Å². The summed E-state index contributed by atoms with van der Waals surface area (Å²) < 4.78 is 24.2. The van der Waals surface area contributed by atoms with Gasteiger partial charge in [0.1, 0.15) is 5.82 Å². The van der Waals surface area contributed by atoms with E-state index in [1.54, 1.807) is 25.3 Å². The highest BCUT2D eigenvalue weighted by Crippen LogP contribution is 2.47. The van der Waals surface area contributed by atoms with E-state index in [4.69, 9.17) is 11.6 Å². The fourth-order valence-electron chi connectivity index (χ4n) is 2.41. The predicted molar refractivity (Wildman–Crippen MR) is 88.2 cm³/mol. The van der Waals surface area contributed by atoms with Crippen LogP contribution in [0.25, 0.3) is 0 Å². The Morgan fingerprint density at radius 3 is 2.43 bits per heavy atom. The fourth-order valence-corrected chi connectivity index (χ4v) is 4.41. The van der Waals surface area contributed by atoms with Crippen molar-refractivity contribution in [2.75, 3.05) is 5.32 Å². The van der Waals surface area contributed by atoms with Crippen molar-refractivity contribution in [2.45, 2.75) is 29.4 Å². The topological polar surface area (TPSA) is 76.1 Å². The molecular weight excluding hydrogens is 336 g/mol. The molecule has 0 saturated heterocycles. The van der Waals surface area contributed by atoms with Crippen LogP contribution in [0.5, 0.6) is 0 Å². The number of anilines is 1. The van der Waals surface area contributed by atoms with Gasteiger partial charge in [0.15, 0.2) is 14.6 Å². The van der Waals surface area contributed by atoms with E-state index in [0.29, 0.717) is 23.7 Å². The van der Waals surface area contributed by atoms with Gasteiger partial charge in [-0.1, -0.05) is 17.7 Å². The van der Waals surface area contributed by atoms with Gasteiger partial charge in [0.2, 0.25) is 5.91 Å². The number of nitrogens with zero attached hydrogens (tertiary/aromatic N) is 1. The summed E-state index contributed by atoms with van der Waals surface area (Å²) in [6.07, 6.45) is 2.15. The van der Waals surface area contributed by atoms with Gasteiger partial charge in [-0.05, 0) is 55.7 Å². The van der Waals surface area contributed by atoms with Crippen molar-refractivity contribution >= 4 is 33.2 Å². The summed E-state index contributed by atoms with van der Waals surface area (Å²) >= 11 is 5.80. The number of pyridine rings is 1. The molecule has 7 heteroatoms. The van der Waals surface area contributed by atoms with Gasteiger partial charge in [-0.15, -0.1) is 0 Å². The molecule has 0 atom stereocenters. The second kappa shape index (κ2) is 5.62. The average Bonchev–Trinajstić information content (AvgIpc) is 3.32. The van der Waals surface area contributed by atoms with Crippen molar-refractivity contribution in [1.82, 2.24) is 4.98 Å². The quantitative estimate of drug-likeness (QED) is 0.919. The monoisotopic (exact) mass is 350 g/mol. The molecule has 1 N–H and O–H groups in total. The smallest absolute Gasteiger partial charge is 0.247 e. The molecule has 1 aromatic carbocycles. The zero-order valence-electron chi connectivity index (χ0n) is 12.4. The standard InChI is InChI=1S/C16H15ClN2O3S/c1-11-3-2-10-18-14(11)19-15(20)16(8-9-16)23(21,22)13-6-4-12(17)5-7-13/h2-7,10H,8-9H2,1H3,(H,18,19,20). The summed E-state index contributed by atoms with van der Waals surface area (Å²) in [6.45, 7) is 1.80. The molecular formula is C16H15ClN2O3S. The molecule has 3 rings (SSSR count). The van der Waals surface area contributed by atoms with Gasteiger partial charge in [-0.3, -0.25) is 4.79 Å². The third-order valence-electron chi connectivity index (χ3n) is 4.00. The fraction of sp³-hybridized carbons (Fsp3) is 0.250. The summed E-state index contributed by atoms with van der Waals surface area (Å²) in [7, 11) is -3.77. The Labute approximate surface area is 139 Å². The lowest BCUT2D eigenvalue weighted by Gasteiger charge is -2.16. The van der Waals surface area contributed by atoms with Gasteiger partial charge in [0.05, 0.1) is 4.90 Å². The van der Waals surface area contributed by atoms with Crippen LogP contribution < -0.4 is 5.32 Å².